The number of hydrogen-bond acceptors (Lipinski definition) is 4. The van der Waals surface area contributed by atoms with Crippen LogP contribution in [-0.4, -0.2) is 22.7 Å². The van der Waals surface area contributed by atoms with Crippen molar-refractivity contribution in [3.63, 3.8) is 0 Å². The highest BCUT2D eigenvalue weighted by Gasteiger charge is 2.12. The second kappa shape index (κ2) is 6.78. The molecule has 94 valence electrons. The van der Waals surface area contributed by atoms with Crippen molar-refractivity contribution in [3.8, 4) is 0 Å². The second-order valence-electron chi connectivity index (χ2n) is 3.61. The summed E-state index contributed by atoms with van der Waals surface area (Å²) in [4.78, 5) is 18.8. The van der Waals surface area contributed by atoms with Crippen LogP contribution >= 0.6 is 0 Å². The van der Waals surface area contributed by atoms with Crippen LogP contribution in [0.25, 0.3) is 0 Å². The van der Waals surface area contributed by atoms with Gasteiger partial charge in [-0.3, -0.25) is 0 Å². The molecule has 1 aromatic rings. The van der Waals surface area contributed by atoms with E-state index >= 15 is 0 Å². The Labute approximate surface area is 99.4 Å². The summed E-state index contributed by atoms with van der Waals surface area (Å²) in [7, 11) is 0. The average Bonchev–Trinajstić information content (AvgIpc) is 2.30. The van der Waals surface area contributed by atoms with Crippen molar-refractivity contribution in [1.82, 2.24) is 15.3 Å². The number of hydrogen-bond donors (Lipinski definition) is 1. The summed E-state index contributed by atoms with van der Waals surface area (Å²) in [5.41, 5.74) is 0. The minimum atomic E-state index is -0.515. The normalized spacial score (nSPS) is 11.9. The van der Waals surface area contributed by atoms with Crippen molar-refractivity contribution >= 4 is 6.09 Å². The van der Waals surface area contributed by atoms with Crippen LogP contribution in [0.4, 0.5) is 9.18 Å². The number of carbonyl (C=O) groups excluding carboxylic acids is 1. The Morgan fingerprint density at radius 2 is 2.18 bits per heavy atom. The van der Waals surface area contributed by atoms with Gasteiger partial charge >= 0.3 is 6.09 Å². The van der Waals surface area contributed by atoms with E-state index in [1.165, 1.54) is 0 Å². The Morgan fingerprint density at radius 3 is 2.76 bits per heavy atom. The zero-order valence-electron chi connectivity index (χ0n) is 9.94. The Hall–Kier alpha value is -1.72. The lowest BCUT2D eigenvalue weighted by atomic mass is 10.3. The Morgan fingerprint density at radius 1 is 1.53 bits per heavy atom. The number of aromatic nitrogens is 2. The van der Waals surface area contributed by atoms with Gasteiger partial charge in [-0.15, -0.1) is 0 Å². The molecule has 0 saturated heterocycles. The van der Waals surface area contributed by atoms with Gasteiger partial charge in [0.25, 0.3) is 0 Å². The number of halogens is 1. The molecule has 1 amide bonds. The highest BCUT2D eigenvalue weighted by Crippen LogP contribution is 2.06. The highest BCUT2D eigenvalue weighted by molar-refractivity contribution is 5.67. The van der Waals surface area contributed by atoms with Gasteiger partial charge in [0.1, 0.15) is 0 Å². The number of unbranched alkanes of at least 4 members (excludes halogenated alkanes) is 1. The lowest BCUT2D eigenvalue weighted by molar-refractivity contribution is 0.141. The average molecular weight is 241 g/mol. The zero-order valence-corrected chi connectivity index (χ0v) is 9.94. The molecule has 0 aliphatic rings. The molecule has 17 heavy (non-hydrogen) atoms. The van der Waals surface area contributed by atoms with E-state index in [1.807, 2.05) is 6.92 Å². The standard InChI is InChI=1S/C11H16FN3O2/c1-3-4-5-17-11(16)15-8(2)10-13-6-9(12)7-14-10/h6-8H,3-5H2,1-2H3,(H,15,16)/t8-/m0/s1. The molecule has 0 spiro atoms. The fourth-order valence-corrected chi connectivity index (χ4v) is 1.14. The van der Waals surface area contributed by atoms with E-state index in [0.29, 0.717) is 12.4 Å². The maximum atomic E-state index is 12.6. The van der Waals surface area contributed by atoms with Crippen molar-refractivity contribution in [2.45, 2.75) is 32.7 Å². The topological polar surface area (TPSA) is 64.1 Å². The SMILES string of the molecule is CCCCOC(=O)N[C@@H](C)c1ncc(F)cn1. The second-order valence-corrected chi connectivity index (χ2v) is 3.61. The summed E-state index contributed by atoms with van der Waals surface area (Å²) < 4.78 is 17.5. The minimum Gasteiger partial charge on any atom is -0.450 e. The predicted molar refractivity (Wildman–Crippen MR) is 59.8 cm³/mol. The summed E-state index contributed by atoms with van der Waals surface area (Å²) in [5, 5.41) is 2.57. The van der Waals surface area contributed by atoms with Crippen LogP contribution in [0.3, 0.4) is 0 Å². The third-order valence-electron chi connectivity index (χ3n) is 2.09. The van der Waals surface area contributed by atoms with Crippen molar-refractivity contribution in [2.24, 2.45) is 0 Å². The summed E-state index contributed by atoms with van der Waals surface area (Å²) >= 11 is 0. The fourth-order valence-electron chi connectivity index (χ4n) is 1.14. The first-order valence-electron chi connectivity index (χ1n) is 5.54. The molecule has 0 unspecified atom stereocenters. The Bertz CT molecular complexity index is 356. The molecule has 0 radical (unpaired) electrons. The monoisotopic (exact) mass is 241 g/mol. The van der Waals surface area contributed by atoms with E-state index in [2.05, 4.69) is 15.3 Å². The first-order chi connectivity index (χ1) is 8.13. The van der Waals surface area contributed by atoms with Gasteiger partial charge < -0.3 is 10.1 Å². The molecule has 1 rings (SSSR count). The highest BCUT2D eigenvalue weighted by atomic mass is 19.1. The van der Waals surface area contributed by atoms with Gasteiger partial charge in [0.05, 0.1) is 25.0 Å². The molecular formula is C11H16FN3O2. The van der Waals surface area contributed by atoms with E-state index in [9.17, 15) is 9.18 Å². The molecule has 0 aromatic carbocycles. The maximum absolute atomic E-state index is 12.6. The third-order valence-corrected chi connectivity index (χ3v) is 2.09. The van der Waals surface area contributed by atoms with E-state index in [1.54, 1.807) is 6.92 Å². The van der Waals surface area contributed by atoms with Crippen LogP contribution in [0.1, 0.15) is 38.6 Å². The molecule has 0 aliphatic carbocycles. The van der Waals surface area contributed by atoms with Gasteiger partial charge in [0.2, 0.25) is 0 Å². The van der Waals surface area contributed by atoms with Crippen LogP contribution in [0.15, 0.2) is 12.4 Å². The van der Waals surface area contributed by atoms with E-state index in [-0.39, 0.29) is 0 Å². The number of ether oxygens (including phenoxy) is 1. The number of nitrogens with one attached hydrogen (secondary N) is 1. The van der Waals surface area contributed by atoms with Gasteiger partial charge in [-0.05, 0) is 13.3 Å². The van der Waals surface area contributed by atoms with Crippen molar-refractivity contribution in [3.05, 3.63) is 24.0 Å². The van der Waals surface area contributed by atoms with Crippen LogP contribution in [0.5, 0.6) is 0 Å². The van der Waals surface area contributed by atoms with Crippen molar-refractivity contribution < 1.29 is 13.9 Å². The Balaban J connectivity index is 2.40. The van der Waals surface area contributed by atoms with Gasteiger partial charge in [-0.1, -0.05) is 13.3 Å². The van der Waals surface area contributed by atoms with Gasteiger partial charge in [0, 0.05) is 0 Å². The number of alkyl carbamates (subject to hydrolysis) is 1. The largest absolute Gasteiger partial charge is 0.450 e. The molecule has 1 atom stereocenters. The molecule has 1 heterocycles. The van der Waals surface area contributed by atoms with Gasteiger partial charge in [-0.25, -0.2) is 19.2 Å². The molecule has 0 aliphatic heterocycles. The molecule has 0 saturated carbocycles. The lowest BCUT2D eigenvalue weighted by Crippen LogP contribution is -2.28. The van der Waals surface area contributed by atoms with Crippen molar-refractivity contribution in [2.75, 3.05) is 6.61 Å². The van der Waals surface area contributed by atoms with Crippen LogP contribution in [0, 0.1) is 5.82 Å². The summed E-state index contributed by atoms with van der Waals surface area (Å²) in [5.74, 6) is -0.162. The number of carbonyl (C=O) groups is 1. The summed E-state index contributed by atoms with van der Waals surface area (Å²) in [6.45, 7) is 4.10. The molecule has 6 heteroatoms. The molecule has 5 nitrogen and oxygen atoms in total. The maximum Gasteiger partial charge on any atom is 0.407 e. The van der Waals surface area contributed by atoms with E-state index in [0.717, 1.165) is 25.2 Å². The number of rotatable bonds is 5. The van der Waals surface area contributed by atoms with Gasteiger partial charge in [0.15, 0.2) is 11.6 Å². The van der Waals surface area contributed by atoms with Gasteiger partial charge in [-0.2, -0.15) is 0 Å². The number of nitrogens with zero attached hydrogens (tertiary/aromatic N) is 2. The first-order valence-corrected chi connectivity index (χ1v) is 5.54. The molecule has 1 aromatic heterocycles. The minimum absolute atomic E-state index is 0.346. The smallest absolute Gasteiger partial charge is 0.407 e. The molecule has 0 bridgehead atoms. The lowest BCUT2D eigenvalue weighted by Gasteiger charge is -2.12. The Kier molecular flexibility index (Phi) is 5.32. The number of amides is 1. The molecular weight excluding hydrogens is 225 g/mol. The molecule has 1 N–H and O–H groups in total. The van der Waals surface area contributed by atoms with E-state index in [4.69, 9.17) is 4.74 Å². The van der Waals surface area contributed by atoms with Crippen molar-refractivity contribution in [1.29, 1.82) is 0 Å². The summed E-state index contributed by atoms with van der Waals surface area (Å²) in [6.07, 6.45) is 3.39. The zero-order chi connectivity index (χ0) is 12.7. The summed E-state index contributed by atoms with van der Waals surface area (Å²) in [6, 6.07) is -0.412. The van der Waals surface area contributed by atoms with Crippen LogP contribution in [0.2, 0.25) is 0 Å². The van der Waals surface area contributed by atoms with Crippen LogP contribution in [-0.2, 0) is 4.74 Å². The fraction of sp³-hybridized carbons (Fsp3) is 0.545. The van der Waals surface area contributed by atoms with Crippen LogP contribution < -0.4 is 5.32 Å². The first kappa shape index (κ1) is 13.3. The predicted octanol–water partition coefficient (Wildman–Crippen LogP) is 2.20. The quantitative estimate of drug-likeness (QED) is 0.803. The van der Waals surface area contributed by atoms with E-state index < -0.39 is 18.0 Å². The third kappa shape index (κ3) is 4.76. The molecule has 0 fully saturated rings.